The number of aryl methyl sites for hydroxylation is 2. The number of hydrogen-bond donors (Lipinski definition) is 1. The first-order valence-electron chi connectivity index (χ1n) is 10.4. The summed E-state index contributed by atoms with van der Waals surface area (Å²) in [6.45, 7) is 7.86. The van der Waals surface area contributed by atoms with Crippen LogP contribution in [0.3, 0.4) is 0 Å². The molecular formula is C22H30N4O4S. The number of piperidine rings is 1. The third-order valence-corrected chi connectivity index (χ3v) is 7.99. The summed E-state index contributed by atoms with van der Waals surface area (Å²) in [4.78, 5) is 24.4. The van der Waals surface area contributed by atoms with E-state index < -0.39 is 10.0 Å². The maximum Gasteiger partial charge on any atom is 0.243 e. The fourth-order valence-electron chi connectivity index (χ4n) is 4.19. The smallest absolute Gasteiger partial charge is 0.243 e. The SMILES string of the molecule is CC(=O)c1ccc(S(=O)(=O)N2CCC(C(=O)NC(C)c3c(C)nn(C)c3C)CC2)cc1. The van der Waals surface area contributed by atoms with Crippen LogP contribution in [0.1, 0.15) is 60.0 Å². The van der Waals surface area contributed by atoms with Gasteiger partial charge in [-0.3, -0.25) is 14.3 Å². The predicted octanol–water partition coefficient (Wildman–Crippen LogP) is 2.52. The minimum atomic E-state index is -3.65. The van der Waals surface area contributed by atoms with E-state index in [2.05, 4.69) is 10.4 Å². The molecule has 0 bridgehead atoms. The highest BCUT2D eigenvalue weighted by atomic mass is 32.2. The quantitative estimate of drug-likeness (QED) is 0.687. The molecule has 8 nitrogen and oxygen atoms in total. The van der Waals surface area contributed by atoms with Crippen LogP contribution in [-0.2, 0) is 21.9 Å². The number of nitrogens with one attached hydrogen (secondary N) is 1. The fourth-order valence-corrected chi connectivity index (χ4v) is 5.66. The highest BCUT2D eigenvalue weighted by Crippen LogP contribution is 2.26. The molecule has 9 heteroatoms. The van der Waals surface area contributed by atoms with Crippen molar-refractivity contribution >= 4 is 21.7 Å². The van der Waals surface area contributed by atoms with E-state index in [0.29, 0.717) is 18.4 Å². The van der Waals surface area contributed by atoms with Gasteiger partial charge in [0, 0.05) is 42.9 Å². The van der Waals surface area contributed by atoms with Gasteiger partial charge in [0.25, 0.3) is 0 Å². The number of aromatic nitrogens is 2. The average Bonchev–Trinajstić information content (AvgIpc) is 2.99. The lowest BCUT2D eigenvalue weighted by molar-refractivity contribution is -0.126. The molecule has 3 rings (SSSR count). The van der Waals surface area contributed by atoms with Gasteiger partial charge in [-0.25, -0.2) is 8.42 Å². The molecular weight excluding hydrogens is 416 g/mol. The summed E-state index contributed by atoms with van der Waals surface area (Å²) in [5, 5.41) is 7.48. The molecule has 1 aromatic heterocycles. The summed E-state index contributed by atoms with van der Waals surface area (Å²) >= 11 is 0. The lowest BCUT2D eigenvalue weighted by atomic mass is 9.96. The summed E-state index contributed by atoms with van der Waals surface area (Å²) in [5.41, 5.74) is 3.40. The molecule has 1 N–H and O–H groups in total. The van der Waals surface area contributed by atoms with E-state index in [1.54, 1.807) is 4.68 Å². The van der Waals surface area contributed by atoms with Crippen LogP contribution < -0.4 is 5.32 Å². The van der Waals surface area contributed by atoms with E-state index >= 15 is 0 Å². The van der Waals surface area contributed by atoms with E-state index in [9.17, 15) is 18.0 Å². The van der Waals surface area contributed by atoms with Crippen LogP contribution >= 0.6 is 0 Å². The van der Waals surface area contributed by atoms with Gasteiger partial charge in [0.05, 0.1) is 16.6 Å². The van der Waals surface area contributed by atoms with Gasteiger partial charge in [-0.2, -0.15) is 9.40 Å². The van der Waals surface area contributed by atoms with E-state index in [1.165, 1.54) is 35.5 Å². The lowest BCUT2D eigenvalue weighted by Crippen LogP contribution is -2.43. The molecule has 1 aliphatic heterocycles. The zero-order chi connectivity index (χ0) is 22.9. The Bertz CT molecular complexity index is 1080. The molecule has 2 heterocycles. The number of carbonyl (C=O) groups is 2. The molecule has 0 spiro atoms. The molecule has 31 heavy (non-hydrogen) atoms. The van der Waals surface area contributed by atoms with Crippen LogP contribution in [0.5, 0.6) is 0 Å². The number of amides is 1. The largest absolute Gasteiger partial charge is 0.349 e. The highest BCUT2D eigenvalue weighted by molar-refractivity contribution is 7.89. The molecule has 1 unspecified atom stereocenters. The molecule has 1 saturated heterocycles. The predicted molar refractivity (Wildman–Crippen MR) is 117 cm³/mol. The Kier molecular flexibility index (Phi) is 6.66. The third kappa shape index (κ3) is 4.72. The molecule has 0 aliphatic carbocycles. The van der Waals surface area contributed by atoms with Gasteiger partial charge in [0.15, 0.2) is 5.78 Å². The number of ketones is 1. The molecule has 1 aliphatic rings. The summed E-state index contributed by atoms with van der Waals surface area (Å²) in [6.07, 6.45) is 0.933. The van der Waals surface area contributed by atoms with Crippen molar-refractivity contribution < 1.29 is 18.0 Å². The molecule has 1 fully saturated rings. The van der Waals surface area contributed by atoms with E-state index in [-0.39, 0.29) is 41.6 Å². The molecule has 1 aromatic carbocycles. The first-order chi connectivity index (χ1) is 14.5. The molecule has 1 amide bonds. The Balaban J connectivity index is 1.62. The zero-order valence-electron chi connectivity index (χ0n) is 18.7. The Morgan fingerprint density at radius 3 is 2.19 bits per heavy atom. The number of nitrogens with zero attached hydrogens (tertiary/aromatic N) is 3. The number of hydrogen-bond acceptors (Lipinski definition) is 5. The Hall–Kier alpha value is -2.52. The zero-order valence-corrected chi connectivity index (χ0v) is 19.5. The van der Waals surface area contributed by atoms with Crippen LogP contribution in [-0.4, -0.2) is 47.3 Å². The number of Topliss-reactive ketones (excluding diaryl/α,β-unsaturated/α-hetero) is 1. The Labute approximate surface area is 183 Å². The Morgan fingerprint density at radius 1 is 1.13 bits per heavy atom. The van der Waals surface area contributed by atoms with E-state index in [4.69, 9.17) is 0 Å². The van der Waals surface area contributed by atoms with Crippen LogP contribution in [0.25, 0.3) is 0 Å². The minimum Gasteiger partial charge on any atom is -0.349 e. The van der Waals surface area contributed by atoms with Gasteiger partial charge in [-0.15, -0.1) is 0 Å². The molecule has 0 radical (unpaired) electrons. The van der Waals surface area contributed by atoms with Crippen LogP contribution in [0.15, 0.2) is 29.2 Å². The van der Waals surface area contributed by atoms with Crippen molar-refractivity contribution in [1.82, 2.24) is 19.4 Å². The van der Waals surface area contributed by atoms with Crippen molar-refractivity contribution in [2.45, 2.75) is 51.5 Å². The van der Waals surface area contributed by atoms with Crippen molar-refractivity contribution in [3.63, 3.8) is 0 Å². The van der Waals surface area contributed by atoms with Gasteiger partial charge in [-0.05, 0) is 52.7 Å². The first-order valence-corrected chi connectivity index (χ1v) is 11.9. The Morgan fingerprint density at radius 2 is 1.71 bits per heavy atom. The van der Waals surface area contributed by atoms with Gasteiger partial charge >= 0.3 is 0 Å². The van der Waals surface area contributed by atoms with Crippen molar-refractivity contribution in [1.29, 1.82) is 0 Å². The minimum absolute atomic E-state index is 0.0574. The van der Waals surface area contributed by atoms with Crippen LogP contribution in [0.2, 0.25) is 0 Å². The first kappa shape index (κ1) is 23.1. The van der Waals surface area contributed by atoms with Gasteiger partial charge in [-0.1, -0.05) is 12.1 Å². The van der Waals surface area contributed by atoms with Crippen LogP contribution in [0.4, 0.5) is 0 Å². The average molecular weight is 447 g/mol. The standard InChI is InChI=1S/C22H30N4O4S/c1-14(21-15(2)24-25(5)16(21)3)23-22(28)19-10-12-26(13-11-19)31(29,30)20-8-6-18(7-9-20)17(4)27/h6-9,14,19H,10-13H2,1-5H3,(H,23,28). The van der Waals surface area contributed by atoms with Gasteiger partial charge < -0.3 is 5.32 Å². The number of carbonyl (C=O) groups excluding carboxylic acids is 2. The summed E-state index contributed by atoms with van der Waals surface area (Å²) < 4.78 is 29.1. The van der Waals surface area contributed by atoms with E-state index in [0.717, 1.165) is 17.0 Å². The topological polar surface area (TPSA) is 101 Å². The van der Waals surface area contributed by atoms with Crippen molar-refractivity contribution in [3.8, 4) is 0 Å². The van der Waals surface area contributed by atoms with Crippen molar-refractivity contribution in [2.75, 3.05) is 13.1 Å². The molecule has 168 valence electrons. The molecule has 2 aromatic rings. The summed E-state index contributed by atoms with van der Waals surface area (Å²) in [6, 6.07) is 5.82. The second-order valence-electron chi connectivity index (χ2n) is 8.20. The molecule has 0 saturated carbocycles. The fraction of sp³-hybridized carbons (Fsp3) is 0.500. The van der Waals surface area contributed by atoms with Gasteiger partial charge in [0.1, 0.15) is 0 Å². The summed E-state index contributed by atoms with van der Waals surface area (Å²) in [7, 11) is -1.77. The van der Waals surface area contributed by atoms with Gasteiger partial charge in [0.2, 0.25) is 15.9 Å². The van der Waals surface area contributed by atoms with Crippen molar-refractivity contribution in [3.05, 3.63) is 46.8 Å². The van der Waals surface area contributed by atoms with E-state index in [1.807, 2.05) is 27.8 Å². The lowest BCUT2D eigenvalue weighted by Gasteiger charge is -2.31. The number of sulfonamides is 1. The van der Waals surface area contributed by atoms with Crippen LogP contribution in [0, 0.1) is 19.8 Å². The molecule has 1 atom stereocenters. The second kappa shape index (κ2) is 8.92. The summed E-state index contributed by atoms with van der Waals surface area (Å²) in [5.74, 6) is -0.397. The maximum absolute atomic E-state index is 12.9. The monoisotopic (exact) mass is 446 g/mol. The highest BCUT2D eigenvalue weighted by Gasteiger charge is 2.33. The number of rotatable bonds is 6. The second-order valence-corrected chi connectivity index (χ2v) is 10.1. The van der Waals surface area contributed by atoms with Crippen molar-refractivity contribution in [2.24, 2.45) is 13.0 Å². The normalized spacial score (nSPS) is 16.8. The number of benzene rings is 1. The maximum atomic E-state index is 12.9. The third-order valence-electron chi connectivity index (χ3n) is 6.08.